The van der Waals surface area contributed by atoms with Gasteiger partial charge in [0.15, 0.2) is 0 Å². The third kappa shape index (κ3) is 3.45. The van der Waals surface area contributed by atoms with E-state index >= 15 is 0 Å². The van der Waals surface area contributed by atoms with Gasteiger partial charge < -0.3 is 0 Å². The maximum atomic E-state index is 5.20. The smallest absolute Gasteiger partial charge is 0.0709 e. The Morgan fingerprint density at radius 3 is 1.61 bits per heavy atom. The zero-order valence-electron chi connectivity index (χ0n) is 22.1. The zero-order chi connectivity index (χ0) is 26.9. The number of nitrogens with zero attached hydrogens (tertiary/aromatic N) is 1. The molecule has 0 aliphatic carbocycles. The van der Waals surface area contributed by atoms with E-state index in [1.807, 2.05) is 11.3 Å². The average Bonchev–Trinajstić information content (AvgIpc) is 3.43. The third-order valence-electron chi connectivity index (χ3n) is 8.44. The van der Waals surface area contributed by atoms with Crippen LogP contribution in [0.3, 0.4) is 0 Å². The van der Waals surface area contributed by atoms with Gasteiger partial charge in [0.05, 0.1) is 11.4 Å². The van der Waals surface area contributed by atoms with Gasteiger partial charge in [0.25, 0.3) is 0 Å². The maximum absolute atomic E-state index is 5.20. The molecule has 0 atom stereocenters. The summed E-state index contributed by atoms with van der Waals surface area (Å²) in [6.45, 7) is 0. The van der Waals surface area contributed by atoms with Gasteiger partial charge >= 0.3 is 0 Å². The second kappa shape index (κ2) is 8.72. The summed E-state index contributed by atoms with van der Waals surface area (Å²) in [5.41, 5.74) is 4.26. The van der Waals surface area contributed by atoms with Crippen LogP contribution < -0.4 is 0 Å². The van der Waals surface area contributed by atoms with E-state index in [1.165, 1.54) is 63.3 Å². The predicted octanol–water partition coefficient (Wildman–Crippen LogP) is 11.4. The lowest BCUT2D eigenvalue weighted by Gasteiger charge is -2.12. The van der Waals surface area contributed by atoms with Crippen molar-refractivity contribution in [1.29, 1.82) is 0 Å². The monoisotopic (exact) mass is 537 g/mol. The van der Waals surface area contributed by atoms with Crippen LogP contribution in [0.5, 0.6) is 0 Å². The van der Waals surface area contributed by atoms with Gasteiger partial charge in [-0.1, -0.05) is 103 Å². The number of aromatic nitrogens is 1. The van der Waals surface area contributed by atoms with Gasteiger partial charge in [-0.15, -0.1) is 11.3 Å². The van der Waals surface area contributed by atoms with Crippen LogP contribution >= 0.6 is 11.3 Å². The summed E-state index contributed by atoms with van der Waals surface area (Å²) in [7, 11) is 0. The molecule has 9 rings (SSSR count). The molecule has 2 heteroatoms. The van der Waals surface area contributed by atoms with Crippen LogP contribution in [0.2, 0.25) is 0 Å². The summed E-state index contributed by atoms with van der Waals surface area (Å²) < 4.78 is 2.64. The Labute approximate surface area is 240 Å². The molecule has 0 radical (unpaired) electrons. The molecular weight excluding hydrogens is 515 g/mol. The molecule has 2 heterocycles. The fourth-order valence-corrected chi connectivity index (χ4v) is 7.63. The molecule has 41 heavy (non-hydrogen) atoms. The average molecular weight is 538 g/mol. The van der Waals surface area contributed by atoms with Crippen LogP contribution in [0.15, 0.2) is 140 Å². The molecule has 0 unspecified atom stereocenters. The van der Waals surface area contributed by atoms with Crippen LogP contribution in [0.4, 0.5) is 0 Å². The summed E-state index contributed by atoms with van der Waals surface area (Å²) in [4.78, 5) is 5.20. The molecule has 0 aliphatic rings. The summed E-state index contributed by atoms with van der Waals surface area (Å²) in [5.74, 6) is 0. The number of thiophene rings is 1. The van der Waals surface area contributed by atoms with Crippen molar-refractivity contribution in [2.24, 2.45) is 0 Å². The minimum absolute atomic E-state index is 0.988. The quantitative estimate of drug-likeness (QED) is 0.200. The van der Waals surface area contributed by atoms with Gasteiger partial charge in [0, 0.05) is 31.3 Å². The van der Waals surface area contributed by atoms with E-state index in [0.29, 0.717) is 0 Å². The number of pyridine rings is 1. The molecule has 2 aromatic heterocycles. The highest BCUT2D eigenvalue weighted by Crippen LogP contribution is 2.41. The highest BCUT2D eigenvalue weighted by molar-refractivity contribution is 7.26. The fourth-order valence-electron chi connectivity index (χ4n) is 6.53. The summed E-state index contributed by atoms with van der Waals surface area (Å²) in [6, 6.07) is 50.6. The first kappa shape index (κ1) is 22.7. The normalized spacial score (nSPS) is 11.9. The van der Waals surface area contributed by atoms with E-state index in [-0.39, 0.29) is 0 Å². The van der Waals surface area contributed by atoms with Crippen molar-refractivity contribution in [3.63, 3.8) is 0 Å². The molecule has 0 bridgehead atoms. The van der Waals surface area contributed by atoms with E-state index in [4.69, 9.17) is 4.98 Å². The lowest BCUT2D eigenvalue weighted by Crippen LogP contribution is -1.89. The molecule has 0 aliphatic heterocycles. The van der Waals surface area contributed by atoms with E-state index < -0.39 is 0 Å². The Hall–Kier alpha value is -5.05. The fraction of sp³-hybridized carbons (Fsp3) is 0. The molecule has 1 nitrogen and oxygen atoms in total. The van der Waals surface area contributed by atoms with Gasteiger partial charge in [0.2, 0.25) is 0 Å². The van der Waals surface area contributed by atoms with Gasteiger partial charge in [-0.3, -0.25) is 0 Å². The van der Waals surface area contributed by atoms with Crippen molar-refractivity contribution in [2.45, 2.75) is 0 Å². The van der Waals surface area contributed by atoms with Crippen molar-refractivity contribution < 1.29 is 0 Å². The van der Waals surface area contributed by atoms with E-state index in [2.05, 4.69) is 140 Å². The molecule has 190 valence electrons. The van der Waals surface area contributed by atoms with Crippen molar-refractivity contribution in [3.05, 3.63) is 140 Å². The first-order chi connectivity index (χ1) is 20.3. The first-order valence-electron chi connectivity index (χ1n) is 14.0. The van der Waals surface area contributed by atoms with Crippen molar-refractivity contribution in [1.82, 2.24) is 4.98 Å². The molecule has 0 saturated carbocycles. The van der Waals surface area contributed by atoms with Gasteiger partial charge in [-0.25, -0.2) is 4.98 Å². The lowest BCUT2D eigenvalue weighted by molar-refractivity contribution is 1.33. The summed E-state index contributed by atoms with van der Waals surface area (Å²) in [6.07, 6.45) is 0. The number of hydrogen-bond donors (Lipinski definition) is 0. The minimum Gasteiger partial charge on any atom is -0.248 e. The highest BCUT2D eigenvalue weighted by Gasteiger charge is 2.13. The lowest BCUT2D eigenvalue weighted by atomic mass is 9.93. The Morgan fingerprint density at radius 2 is 0.902 bits per heavy atom. The molecule has 9 aromatic rings. The van der Waals surface area contributed by atoms with Crippen LogP contribution in [0.1, 0.15) is 0 Å². The van der Waals surface area contributed by atoms with E-state index in [1.54, 1.807) is 0 Å². The summed E-state index contributed by atoms with van der Waals surface area (Å²) in [5, 5.41) is 12.9. The van der Waals surface area contributed by atoms with Crippen LogP contribution in [-0.2, 0) is 0 Å². The second-order valence-corrected chi connectivity index (χ2v) is 11.8. The maximum Gasteiger partial charge on any atom is 0.0709 e. The van der Waals surface area contributed by atoms with Crippen LogP contribution in [0.25, 0.3) is 85.8 Å². The van der Waals surface area contributed by atoms with E-state index in [0.717, 1.165) is 22.5 Å². The number of rotatable bonds is 2. The third-order valence-corrected chi connectivity index (χ3v) is 9.58. The minimum atomic E-state index is 0.988. The van der Waals surface area contributed by atoms with Gasteiger partial charge in [0.1, 0.15) is 0 Å². The first-order valence-corrected chi connectivity index (χ1v) is 14.8. The Balaban J connectivity index is 1.22. The van der Waals surface area contributed by atoms with Crippen LogP contribution in [-0.4, -0.2) is 4.98 Å². The van der Waals surface area contributed by atoms with Crippen molar-refractivity contribution in [3.8, 4) is 22.5 Å². The molecule has 7 aromatic carbocycles. The molecule has 0 saturated heterocycles. The molecular formula is C39H23NS. The highest BCUT2D eigenvalue weighted by atomic mass is 32.1. The number of hydrogen-bond acceptors (Lipinski definition) is 2. The Bertz CT molecular complexity index is 2450. The Morgan fingerprint density at radius 1 is 0.366 bits per heavy atom. The predicted molar refractivity (Wildman–Crippen MR) is 178 cm³/mol. The number of benzene rings is 7. The van der Waals surface area contributed by atoms with Gasteiger partial charge in [-0.2, -0.15) is 0 Å². The largest absolute Gasteiger partial charge is 0.248 e. The van der Waals surface area contributed by atoms with E-state index in [9.17, 15) is 0 Å². The SMILES string of the molecule is c1cc(-c2ccc3c4ccccc4c4ccccc4c3c2)nc(-c2ccc3sc4ccc5ccccc5c4c3c2)c1. The standard InChI is InChI=1S/C39H23NS/c1-2-9-27-24(8-1)17-21-38-39(27)34-23-26(18-20-37(34)41-38)36-15-7-14-35(40-36)25-16-19-32-30-12-4-3-10-28(30)29-11-5-6-13-31(29)33(32)22-25/h1-23H. The summed E-state index contributed by atoms with van der Waals surface area (Å²) >= 11 is 1.86. The molecule has 0 spiro atoms. The zero-order valence-corrected chi connectivity index (χ0v) is 23.0. The molecule has 0 amide bonds. The van der Waals surface area contributed by atoms with Crippen molar-refractivity contribution >= 4 is 74.6 Å². The molecule has 0 fully saturated rings. The molecule has 0 N–H and O–H groups in total. The second-order valence-electron chi connectivity index (χ2n) is 10.7. The van der Waals surface area contributed by atoms with Crippen LogP contribution in [0, 0.1) is 0 Å². The number of fused-ring (bicyclic) bond motifs is 11. The van der Waals surface area contributed by atoms with Crippen molar-refractivity contribution in [2.75, 3.05) is 0 Å². The Kier molecular flexibility index (Phi) is 4.84. The van der Waals surface area contributed by atoms with Gasteiger partial charge in [-0.05, 0) is 79.5 Å². The topological polar surface area (TPSA) is 12.9 Å².